The molecule has 0 aliphatic heterocycles. The first-order valence-electron chi connectivity index (χ1n) is 21.8. The van der Waals surface area contributed by atoms with E-state index in [0.717, 1.165) is 110 Å². The van der Waals surface area contributed by atoms with Gasteiger partial charge in [-0.2, -0.15) is 25.9 Å². The van der Waals surface area contributed by atoms with Gasteiger partial charge in [-0.1, -0.05) is 42.5 Å². The van der Waals surface area contributed by atoms with Crippen LogP contribution in [0.3, 0.4) is 0 Å². The number of carbonyl (C=O) groups is 2. The quantitative estimate of drug-likeness (QED) is 0.127. The highest BCUT2D eigenvalue weighted by molar-refractivity contribution is 7.88. The largest absolute Gasteiger partial charge is 0.333 e. The van der Waals surface area contributed by atoms with Crippen molar-refractivity contribution >= 4 is 43.9 Å². The van der Waals surface area contributed by atoms with Crippen LogP contribution in [0, 0.1) is 11.8 Å². The van der Waals surface area contributed by atoms with Gasteiger partial charge < -0.3 is 20.4 Å². The lowest BCUT2D eigenvalue weighted by molar-refractivity contribution is 0.198. The number of carbonyl (C=O) groups excluding carboxylic acids is 2. The molecule has 332 valence electrons. The van der Waals surface area contributed by atoms with E-state index in [1.807, 2.05) is 82.2 Å². The molecule has 7 rings (SSSR count). The number of aryl methyl sites for hydroxylation is 3. The average Bonchev–Trinajstić information content (AvgIpc) is 4.01. The number of benzene rings is 3. The van der Waals surface area contributed by atoms with Gasteiger partial charge in [0.1, 0.15) is 0 Å². The van der Waals surface area contributed by atoms with Crippen molar-refractivity contribution in [3.63, 3.8) is 0 Å². The predicted molar refractivity (Wildman–Crippen MR) is 242 cm³/mol. The summed E-state index contributed by atoms with van der Waals surface area (Å²) in [5, 5.41) is 6.03. The minimum Gasteiger partial charge on any atom is -0.308 e. The summed E-state index contributed by atoms with van der Waals surface area (Å²) in [7, 11) is -0.722. The summed E-state index contributed by atoms with van der Waals surface area (Å²) in [6.07, 6.45) is 9.94. The molecule has 0 fully saturated rings. The lowest BCUT2D eigenvalue weighted by Gasteiger charge is -2.32. The van der Waals surface area contributed by atoms with Crippen LogP contribution in [0.25, 0.3) is 0 Å². The van der Waals surface area contributed by atoms with E-state index >= 15 is 0 Å². The van der Waals surface area contributed by atoms with Gasteiger partial charge in [-0.05, 0) is 181 Å². The van der Waals surface area contributed by atoms with E-state index in [4.69, 9.17) is 0 Å². The highest BCUT2D eigenvalue weighted by Gasteiger charge is 2.39. The van der Waals surface area contributed by atoms with Crippen molar-refractivity contribution in [2.75, 3.05) is 65.0 Å². The van der Waals surface area contributed by atoms with E-state index in [1.54, 1.807) is 0 Å². The Morgan fingerprint density at radius 2 is 1.21 bits per heavy atom. The van der Waals surface area contributed by atoms with Gasteiger partial charge in [-0.3, -0.25) is 0 Å². The monoisotopic (exact) mass is 876 g/mol. The number of hydrogen-bond acceptors (Lipinski definition) is 8. The Labute approximate surface area is 363 Å². The minimum absolute atomic E-state index is 0.124. The first-order valence-corrected chi connectivity index (χ1v) is 24.7. The van der Waals surface area contributed by atoms with Gasteiger partial charge in [0.25, 0.3) is 0 Å². The molecule has 3 aromatic carbocycles. The molecule has 4 aliphatic carbocycles. The Kier molecular flexibility index (Phi) is 13.5. The highest BCUT2D eigenvalue weighted by atomic mass is 32.2. The average molecular weight is 877 g/mol. The van der Waals surface area contributed by atoms with E-state index in [-0.39, 0.29) is 31.5 Å². The Bertz CT molecular complexity index is 2350. The van der Waals surface area contributed by atoms with Crippen molar-refractivity contribution in [3.05, 3.63) is 92.5 Å². The van der Waals surface area contributed by atoms with Crippen molar-refractivity contribution in [2.45, 2.75) is 96.4 Å². The molecule has 0 aromatic heterocycles. The number of amides is 4. The van der Waals surface area contributed by atoms with Crippen LogP contribution < -0.4 is 24.8 Å². The molecule has 0 spiro atoms. The SMILES string of the molecule is CN(C)CCN(CCCc1ccccc1)S(=O)(=O)NC(=O)Nc1c2c(cc3c1CC(C1Cc4cc5c(c(NC(=O)NS(=O)(=O)NCC(C)(C)N(C)C)c4C1)CCC5)C3)CCC2. The first kappa shape index (κ1) is 45.0. The number of nitrogens with one attached hydrogen (secondary N) is 5. The predicted octanol–water partition coefficient (Wildman–Crippen LogP) is 4.95. The smallest absolute Gasteiger partial charge is 0.308 e. The third-order valence-electron chi connectivity index (χ3n) is 13.4. The molecule has 4 aliphatic rings. The maximum Gasteiger partial charge on any atom is 0.333 e. The van der Waals surface area contributed by atoms with Crippen LogP contribution in [0.1, 0.15) is 83.2 Å². The van der Waals surface area contributed by atoms with Crippen LogP contribution in [0.15, 0.2) is 42.5 Å². The zero-order valence-electron chi connectivity index (χ0n) is 36.6. The summed E-state index contributed by atoms with van der Waals surface area (Å²) in [6, 6.07) is 13.0. The topological polar surface area (TPSA) is 172 Å². The molecular formula is C45H64N8O6S2. The van der Waals surface area contributed by atoms with Gasteiger partial charge in [0.05, 0.1) is 0 Å². The summed E-state index contributed by atoms with van der Waals surface area (Å²) < 4.78 is 61.9. The molecule has 61 heavy (non-hydrogen) atoms. The lowest BCUT2D eigenvalue weighted by atomic mass is 9.87. The molecule has 0 saturated heterocycles. The summed E-state index contributed by atoms with van der Waals surface area (Å²) >= 11 is 0. The number of rotatable bonds is 17. The standard InChI is InChI=1S/C45H64N8O6S2/c1-45(2,52(5)6)29-46-60(56,57)49-43(54)47-41-37-18-10-16-31(37)23-35-25-33(27-39(35)41)34-26-36-24-32-17-11-19-38(32)42(40(36)28-34)48-44(55)50-61(58,59)53(22-21-51(3)4)20-12-15-30-13-8-7-9-14-30/h7-9,13-14,23-24,33-34,46H,10-12,15-22,25-29H2,1-6H3,(H2,47,49,54)(H2,48,50,55). The molecule has 5 N–H and O–H groups in total. The van der Waals surface area contributed by atoms with Crippen molar-refractivity contribution in [1.29, 1.82) is 0 Å². The van der Waals surface area contributed by atoms with Gasteiger partial charge in [-0.25, -0.2) is 19.0 Å². The number of likely N-dealkylation sites (N-methyl/N-ethyl adjacent to an activating group) is 2. The van der Waals surface area contributed by atoms with Gasteiger partial charge in [0.15, 0.2) is 0 Å². The van der Waals surface area contributed by atoms with Crippen molar-refractivity contribution in [1.82, 2.24) is 28.3 Å². The van der Waals surface area contributed by atoms with Crippen LogP contribution in [0.2, 0.25) is 0 Å². The van der Waals surface area contributed by atoms with Crippen LogP contribution in [-0.2, 0) is 78.2 Å². The zero-order chi connectivity index (χ0) is 43.7. The lowest BCUT2D eigenvalue weighted by Crippen LogP contribution is -2.51. The molecule has 0 bridgehead atoms. The number of hydrogen-bond donors (Lipinski definition) is 5. The summed E-state index contributed by atoms with van der Waals surface area (Å²) in [5.74, 6) is 0.537. The molecule has 2 atom stereocenters. The second-order valence-corrected chi connectivity index (χ2v) is 21.7. The molecule has 0 radical (unpaired) electrons. The normalized spacial score (nSPS) is 18.3. The Balaban J connectivity index is 1.04. The third kappa shape index (κ3) is 10.6. The van der Waals surface area contributed by atoms with E-state index in [1.165, 1.54) is 26.6 Å². The van der Waals surface area contributed by atoms with Crippen LogP contribution in [-0.4, -0.2) is 103 Å². The van der Waals surface area contributed by atoms with Gasteiger partial charge in [-0.15, -0.1) is 0 Å². The number of fused-ring (bicyclic) bond motifs is 4. The van der Waals surface area contributed by atoms with Crippen molar-refractivity contribution in [2.24, 2.45) is 11.8 Å². The molecule has 0 heterocycles. The fourth-order valence-corrected chi connectivity index (χ4v) is 11.6. The zero-order valence-corrected chi connectivity index (χ0v) is 38.3. The molecule has 14 nitrogen and oxygen atoms in total. The Morgan fingerprint density at radius 1 is 0.672 bits per heavy atom. The first-order chi connectivity index (χ1) is 28.9. The highest BCUT2D eigenvalue weighted by Crippen LogP contribution is 2.47. The Morgan fingerprint density at radius 3 is 1.74 bits per heavy atom. The fourth-order valence-electron chi connectivity index (χ4n) is 9.55. The van der Waals surface area contributed by atoms with Gasteiger partial charge >= 0.3 is 32.5 Å². The maximum atomic E-state index is 13.8. The van der Waals surface area contributed by atoms with E-state index < -0.39 is 38.0 Å². The number of nitrogens with zero attached hydrogens (tertiary/aromatic N) is 3. The second kappa shape index (κ2) is 18.3. The molecular weight excluding hydrogens is 813 g/mol. The van der Waals surface area contributed by atoms with Gasteiger partial charge in [0.2, 0.25) is 0 Å². The molecule has 16 heteroatoms. The maximum absolute atomic E-state index is 13.8. The van der Waals surface area contributed by atoms with Crippen LogP contribution in [0.4, 0.5) is 21.0 Å². The molecule has 2 unspecified atom stereocenters. The summed E-state index contributed by atoms with van der Waals surface area (Å²) in [5.41, 5.74) is 11.3. The van der Waals surface area contributed by atoms with Crippen molar-refractivity contribution < 1.29 is 26.4 Å². The summed E-state index contributed by atoms with van der Waals surface area (Å²) in [6.45, 7) is 5.00. The fraction of sp³-hybridized carbons (Fsp3) is 0.556. The van der Waals surface area contributed by atoms with Gasteiger partial charge in [0, 0.05) is 43.1 Å². The summed E-state index contributed by atoms with van der Waals surface area (Å²) in [4.78, 5) is 30.9. The molecule has 0 saturated carbocycles. The van der Waals surface area contributed by atoms with E-state index in [9.17, 15) is 26.4 Å². The van der Waals surface area contributed by atoms with Crippen LogP contribution >= 0.6 is 0 Å². The van der Waals surface area contributed by atoms with Crippen LogP contribution in [0.5, 0.6) is 0 Å². The number of anilines is 2. The second-order valence-electron chi connectivity index (χ2n) is 18.5. The number of urea groups is 2. The Hall–Kier alpha value is -4.06. The van der Waals surface area contributed by atoms with Crippen molar-refractivity contribution in [3.8, 4) is 0 Å². The van der Waals surface area contributed by atoms with E-state index in [2.05, 4.69) is 36.9 Å². The third-order valence-corrected chi connectivity index (χ3v) is 15.9. The van der Waals surface area contributed by atoms with E-state index in [0.29, 0.717) is 13.0 Å². The molecule has 4 amide bonds. The minimum atomic E-state index is -4.14. The molecule has 3 aromatic rings.